The molecule has 0 radical (unpaired) electrons. The van der Waals surface area contributed by atoms with Crippen molar-refractivity contribution in [1.29, 1.82) is 0 Å². The van der Waals surface area contributed by atoms with Crippen LogP contribution in [-0.2, 0) is 9.53 Å². The standard InChI is InChI=1S/C20H32N2O2/c1-15(2)16(3)21-20(23)18-10-12-22(13-11-18)14-19(24-4)17-8-6-5-7-9-17/h5-9,15-16,18-19H,10-14H2,1-4H3,(H,21,23)/t16-,19-/m1/s1. The molecule has 0 spiro atoms. The molecule has 4 heteroatoms. The summed E-state index contributed by atoms with van der Waals surface area (Å²) in [6, 6.07) is 10.6. The number of methoxy groups -OCH3 is 1. The van der Waals surface area contributed by atoms with Crippen LogP contribution in [0, 0.1) is 11.8 Å². The largest absolute Gasteiger partial charge is 0.375 e. The van der Waals surface area contributed by atoms with Crippen LogP contribution in [0.1, 0.15) is 45.3 Å². The summed E-state index contributed by atoms with van der Waals surface area (Å²) < 4.78 is 5.67. The Labute approximate surface area is 146 Å². The molecule has 1 aromatic rings. The van der Waals surface area contributed by atoms with Crippen molar-refractivity contribution in [1.82, 2.24) is 10.2 Å². The zero-order valence-corrected chi connectivity index (χ0v) is 15.5. The van der Waals surface area contributed by atoms with Gasteiger partial charge in [0.1, 0.15) is 0 Å². The SMILES string of the molecule is CO[C@H](CN1CCC(C(=O)N[C@H](C)C(C)C)CC1)c1ccccc1. The number of piperidine rings is 1. The lowest BCUT2D eigenvalue weighted by Gasteiger charge is -2.34. The minimum Gasteiger partial charge on any atom is -0.375 e. The number of rotatable bonds is 7. The Morgan fingerprint density at radius 3 is 2.38 bits per heavy atom. The number of ether oxygens (including phenoxy) is 1. The van der Waals surface area contributed by atoms with Gasteiger partial charge in [0, 0.05) is 25.6 Å². The number of benzene rings is 1. The Morgan fingerprint density at radius 2 is 1.83 bits per heavy atom. The van der Waals surface area contributed by atoms with Crippen molar-refractivity contribution in [3.05, 3.63) is 35.9 Å². The average Bonchev–Trinajstić information content (AvgIpc) is 2.60. The maximum atomic E-state index is 12.4. The minimum atomic E-state index is 0.0949. The zero-order valence-electron chi connectivity index (χ0n) is 15.5. The summed E-state index contributed by atoms with van der Waals surface area (Å²) >= 11 is 0. The van der Waals surface area contributed by atoms with E-state index in [1.807, 2.05) is 18.2 Å². The van der Waals surface area contributed by atoms with Crippen molar-refractivity contribution in [2.75, 3.05) is 26.7 Å². The molecule has 4 nitrogen and oxygen atoms in total. The number of likely N-dealkylation sites (tertiary alicyclic amines) is 1. The van der Waals surface area contributed by atoms with E-state index in [9.17, 15) is 4.79 Å². The maximum Gasteiger partial charge on any atom is 0.223 e. The van der Waals surface area contributed by atoms with Gasteiger partial charge in [0.25, 0.3) is 0 Å². The van der Waals surface area contributed by atoms with Crippen LogP contribution < -0.4 is 5.32 Å². The summed E-state index contributed by atoms with van der Waals surface area (Å²) in [6.07, 6.45) is 1.96. The Kier molecular flexibility index (Phi) is 7.25. The van der Waals surface area contributed by atoms with Crippen molar-refractivity contribution in [2.45, 2.75) is 45.8 Å². The van der Waals surface area contributed by atoms with Gasteiger partial charge in [0.15, 0.2) is 0 Å². The average molecular weight is 332 g/mol. The van der Waals surface area contributed by atoms with Gasteiger partial charge in [-0.05, 0) is 44.3 Å². The topological polar surface area (TPSA) is 41.6 Å². The first kappa shape index (κ1) is 18.9. The first-order chi connectivity index (χ1) is 11.5. The third-order valence-corrected chi connectivity index (χ3v) is 5.21. The molecule has 24 heavy (non-hydrogen) atoms. The van der Waals surface area contributed by atoms with Crippen molar-refractivity contribution in [3.63, 3.8) is 0 Å². The van der Waals surface area contributed by atoms with E-state index in [1.54, 1.807) is 7.11 Å². The maximum absolute atomic E-state index is 12.4. The second kappa shape index (κ2) is 9.19. The van der Waals surface area contributed by atoms with Gasteiger partial charge in [0.2, 0.25) is 5.91 Å². The monoisotopic (exact) mass is 332 g/mol. The smallest absolute Gasteiger partial charge is 0.223 e. The molecule has 1 N–H and O–H groups in total. The van der Waals surface area contributed by atoms with E-state index in [0.717, 1.165) is 32.5 Å². The highest BCUT2D eigenvalue weighted by Crippen LogP contribution is 2.23. The van der Waals surface area contributed by atoms with Gasteiger partial charge in [-0.2, -0.15) is 0 Å². The van der Waals surface area contributed by atoms with Crippen molar-refractivity contribution in [2.24, 2.45) is 11.8 Å². The molecule has 2 rings (SSSR count). The number of hydrogen-bond acceptors (Lipinski definition) is 3. The van der Waals surface area contributed by atoms with Crippen LogP contribution in [0.3, 0.4) is 0 Å². The molecular formula is C20H32N2O2. The Hall–Kier alpha value is -1.39. The van der Waals surface area contributed by atoms with E-state index in [2.05, 4.69) is 43.1 Å². The molecule has 0 bridgehead atoms. The van der Waals surface area contributed by atoms with Crippen molar-refractivity contribution < 1.29 is 9.53 Å². The first-order valence-electron chi connectivity index (χ1n) is 9.11. The van der Waals surface area contributed by atoms with Crippen LogP contribution in [0.4, 0.5) is 0 Å². The second-order valence-corrected chi connectivity index (χ2v) is 7.25. The van der Waals surface area contributed by atoms with E-state index in [0.29, 0.717) is 5.92 Å². The fraction of sp³-hybridized carbons (Fsp3) is 0.650. The highest BCUT2D eigenvalue weighted by atomic mass is 16.5. The molecular weight excluding hydrogens is 300 g/mol. The zero-order chi connectivity index (χ0) is 17.5. The number of hydrogen-bond donors (Lipinski definition) is 1. The quantitative estimate of drug-likeness (QED) is 0.833. The van der Waals surface area contributed by atoms with Crippen LogP contribution >= 0.6 is 0 Å². The van der Waals surface area contributed by atoms with E-state index < -0.39 is 0 Å². The molecule has 1 aliphatic rings. The molecule has 1 heterocycles. The third-order valence-electron chi connectivity index (χ3n) is 5.21. The van der Waals surface area contributed by atoms with E-state index in [1.165, 1.54) is 5.56 Å². The number of carbonyl (C=O) groups is 1. The van der Waals surface area contributed by atoms with Gasteiger partial charge >= 0.3 is 0 Å². The predicted molar refractivity (Wildman–Crippen MR) is 97.8 cm³/mol. The van der Waals surface area contributed by atoms with Crippen LogP contribution in [0.5, 0.6) is 0 Å². The highest BCUT2D eigenvalue weighted by molar-refractivity contribution is 5.79. The molecule has 0 aromatic heterocycles. The van der Waals surface area contributed by atoms with Gasteiger partial charge in [-0.1, -0.05) is 44.2 Å². The van der Waals surface area contributed by atoms with Gasteiger partial charge < -0.3 is 15.0 Å². The molecule has 1 saturated heterocycles. The predicted octanol–water partition coefficient (Wildman–Crippen LogP) is 3.25. The lowest BCUT2D eigenvalue weighted by atomic mass is 9.94. The number of nitrogens with one attached hydrogen (secondary N) is 1. The molecule has 1 fully saturated rings. The highest BCUT2D eigenvalue weighted by Gasteiger charge is 2.27. The number of carbonyl (C=O) groups excluding carboxylic acids is 1. The van der Waals surface area contributed by atoms with Crippen molar-refractivity contribution in [3.8, 4) is 0 Å². The fourth-order valence-corrected chi connectivity index (χ4v) is 3.10. The molecule has 0 aliphatic carbocycles. The lowest BCUT2D eigenvalue weighted by Crippen LogP contribution is -2.45. The summed E-state index contributed by atoms with van der Waals surface area (Å²) in [7, 11) is 1.77. The summed E-state index contributed by atoms with van der Waals surface area (Å²) in [5.41, 5.74) is 1.21. The molecule has 2 atom stereocenters. The van der Waals surface area contributed by atoms with E-state index >= 15 is 0 Å². The normalized spacial score (nSPS) is 19.2. The Balaban J connectivity index is 1.81. The van der Waals surface area contributed by atoms with Crippen LogP contribution in [-0.4, -0.2) is 43.6 Å². The molecule has 1 aliphatic heterocycles. The van der Waals surface area contributed by atoms with E-state index in [4.69, 9.17) is 4.74 Å². The molecule has 134 valence electrons. The Bertz CT molecular complexity index is 496. The first-order valence-corrected chi connectivity index (χ1v) is 9.11. The van der Waals surface area contributed by atoms with Gasteiger partial charge in [0.05, 0.1) is 6.10 Å². The van der Waals surface area contributed by atoms with Crippen LogP contribution in [0.2, 0.25) is 0 Å². The molecule has 1 aromatic carbocycles. The van der Waals surface area contributed by atoms with Gasteiger partial charge in [-0.3, -0.25) is 4.79 Å². The summed E-state index contributed by atoms with van der Waals surface area (Å²) in [6.45, 7) is 9.17. The summed E-state index contributed by atoms with van der Waals surface area (Å²) in [5.74, 6) is 0.852. The van der Waals surface area contributed by atoms with Gasteiger partial charge in [-0.15, -0.1) is 0 Å². The summed E-state index contributed by atoms with van der Waals surface area (Å²) in [4.78, 5) is 14.8. The third kappa shape index (κ3) is 5.32. The second-order valence-electron chi connectivity index (χ2n) is 7.25. The summed E-state index contributed by atoms with van der Waals surface area (Å²) in [5, 5.41) is 3.16. The molecule has 1 amide bonds. The van der Waals surface area contributed by atoms with Crippen LogP contribution in [0.15, 0.2) is 30.3 Å². The number of nitrogens with zero attached hydrogens (tertiary/aromatic N) is 1. The minimum absolute atomic E-state index is 0.0949. The van der Waals surface area contributed by atoms with Crippen molar-refractivity contribution >= 4 is 5.91 Å². The lowest BCUT2D eigenvalue weighted by molar-refractivity contribution is -0.127. The Morgan fingerprint density at radius 1 is 1.21 bits per heavy atom. The van der Waals surface area contributed by atoms with Crippen LogP contribution in [0.25, 0.3) is 0 Å². The molecule has 0 unspecified atom stereocenters. The van der Waals surface area contributed by atoms with E-state index in [-0.39, 0.29) is 24.0 Å². The number of amides is 1. The fourth-order valence-electron chi connectivity index (χ4n) is 3.10. The van der Waals surface area contributed by atoms with Gasteiger partial charge in [-0.25, -0.2) is 0 Å². The molecule has 0 saturated carbocycles.